The summed E-state index contributed by atoms with van der Waals surface area (Å²) < 4.78 is 14.1. The number of aromatic nitrogens is 2. The zero-order valence-electron chi connectivity index (χ0n) is 16.8. The van der Waals surface area contributed by atoms with Gasteiger partial charge in [0.2, 0.25) is 0 Å². The maximum absolute atomic E-state index is 13.9. The van der Waals surface area contributed by atoms with Crippen LogP contribution in [0.5, 0.6) is 0 Å². The first-order chi connectivity index (χ1) is 12.9. The predicted molar refractivity (Wildman–Crippen MR) is 110 cm³/mol. The van der Waals surface area contributed by atoms with Gasteiger partial charge in [0.15, 0.2) is 0 Å². The summed E-state index contributed by atoms with van der Waals surface area (Å²) >= 11 is 1.89. The van der Waals surface area contributed by atoms with E-state index in [1.54, 1.807) is 18.5 Å². The van der Waals surface area contributed by atoms with Gasteiger partial charge in [-0.2, -0.15) is 0 Å². The van der Waals surface area contributed by atoms with Crippen molar-refractivity contribution in [2.24, 2.45) is 17.8 Å². The smallest absolute Gasteiger partial charge is 0.124 e. The Bertz CT molecular complexity index is 824. The summed E-state index contributed by atoms with van der Waals surface area (Å²) in [6, 6.07) is 5.49. The monoisotopic (exact) mass is 387 g/mol. The van der Waals surface area contributed by atoms with Crippen LogP contribution in [-0.4, -0.2) is 39.8 Å². The molecule has 5 atom stereocenters. The third-order valence-corrected chi connectivity index (χ3v) is 8.39. The van der Waals surface area contributed by atoms with Gasteiger partial charge in [0.05, 0.1) is 5.52 Å². The Morgan fingerprint density at radius 3 is 2.78 bits per heavy atom. The fourth-order valence-corrected chi connectivity index (χ4v) is 7.46. The Labute approximate surface area is 166 Å². The summed E-state index contributed by atoms with van der Waals surface area (Å²) in [5, 5.41) is 1.79. The van der Waals surface area contributed by atoms with Crippen molar-refractivity contribution in [1.29, 1.82) is 0 Å². The van der Waals surface area contributed by atoms with Crippen molar-refractivity contribution in [3.63, 3.8) is 0 Å². The molecule has 146 valence electrons. The van der Waals surface area contributed by atoms with E-state index < -0.39 is 0 Å². The van der Waals surface area contributed by atoms with E-state index in [1.165, 1.54) is 31.7 Å². The van der Waals surface area contributed by atoms with E-state index in [4.69, 9.17) is 0 Å². The molecule has 0 saturated heterocycles. The van der Waals surface area contributed by atoms with Gasteiger partial charge in [0.25, 0.3) is 0 Å². The summed E-state index contributed by atoms with van der Waals surface area (Å²) in [7, 11) is 4.47. The zero-order valence-corrected chi connectivity index (χ0v) is 17.6. The first kappa shape index (κ1) is 19.1. The Balaban J connectivity index is 1.67. The summed E-state index contributed by atoms with van der Waals surface area (Å²) in [5.41, 5.74) is 0.830. The fraction of sp³-hybridized carbons (Fsp3) is 0.636. The molecule has 0 aliphatic heterocycles. The molecule has 5 unspecified atom stereocenters. The third kappa shape index (κ3) is 3.61. The lowest BCUT2D eigenvalue weighted by molar-refractivity contribution is 0.0256. The van der Waals surface area contributed by atoms with Crippen molar-refractivity contribution in [2.45, 2.75) is 61.8 Å². The van der Waals surface area contributed by atoms with Crippen molar-refractivity contribution in [1.82, 2.24) is 14.9 Å². The van der Waals surface area contributed by atoms with Crippen LogP contribution >= 0.6 is 11.8 Å². The number of thioether (sulfide) groups is 1. The topological polar surface area (TPSA) is 29.0 Å². The van der Waals surface area contributed by atoms with Crippen LogP contribution in [0, 0.1) is 23.6 Å². The highest BCUT2D eigenvalue weighted by Crippen LogP contribution is 2.55. The molecule has 0 N–H and O–H groups in total. The van der Waals surface area contributed by atoms with Gasteiger partial charge < -0.3 is 4.90 Å². The number of fused-ring (bicyclic) bond motifs is 3. The SMILES string of the molecule is CCC1(Sc2ncnc3ccc(F)cc23)CC2CC(C)C(N(C)C)C(C2)C1. The number of hydrogen-bond donors (Lipinski definition) is 0. The number of halogens is 1. The Morgan fingerprint density at radius 2 is 2.04 bits per heavy atom. The highest BCUT2D eigenvalue weighted by atomic mass is 32.2. The van der Waals surface area contributed by atoms with Gasteiger partial charge >= 0.3 is 0 Å². The molecular formula is C22H30FN3S. The van der Waals surface area contributed by atoms with Crippen LogP contribution in [0.25, 0.3) is 10.9 Å². The highest BCUT2D eigenvalue weighted by molar-refractivity contribution is 8.00. The minimum absolute atomic E-state index is 0.190. The first-order valence-electron chi connectivity index (χ1n) is 10.2. The molecule has 27 heavy (non-hydrogen) atoms. The van der Waals surface area contributed by atoms with Crippen LogP contribution < -0.4 is 0 Å². The molecule has 1 aromatic heterocycles. The van der Waals surface area contributed by atoms with E-state index in [-0.39, 0.29) is 10.6 Å². The second kappa shape index (κ2) is 7.32. The van der Waals surface area contributed by atoms with E-state index in [1.807, 2.05) is 11.8 Å². The maximum atomic E-state index is 13.9. The van der Waals surface area contributed by atoms with Crippen LogP contribution in [-0.2, 0) is 0 Å². The van der Waals surface area contributed by atoms with E-state index >= 15 is 0 Å². The van der Waals surface area contributed by atoms with Crippen LogP contribution in [0.4, 0.5) is 4.39 Å². The molecule has 4 rings (SSSR count). The van der Waals surface area contributed by atoms with Crippen molar-refractivity contribution in [2.75, 3.05) is 14.1 Å². The standard InChI is InChI=1S/C22H30FN3S/c1-5-22(11-15-8-14(2)20(26(3)4)16(9-15)12-22)27-21-18-10-17(23)6-7-19(18)24-13-25-21/h6-7,10,13-16,20H,5,8-9,11-12H2,1-4H3. The first-order valence-corrected chi connectivity index (χ1v) is 11.0. The molecule has 3 nitrogen and oxygen atoms in total. The lowest BCUT2D eigenvalue weighted by Crippen LogP contribution is -2.51. The molecule has 5 heteroatoms. The molecule has 2 aliphatic carbocycles. The molecule has 1 heterocycles. The van der Waals surface area contributed by atoms with Crippen molar-refractivity contribution in [3.8, 4) is 0 Å². The van der Waals surface area contributed by atoms with E-state index in [2.05, 4.69) is 42.8 Å². The second-order valence-corrected chi connectivity index (χ2v) is 10.4. The number of hydrogen-bond acceptors (Lipinski definition) is 4. The largest absolute Gasteiger partial charge is 0.306 e. The summed E-state index contributed by atoms with van der Waals surface area (Å²) in [5.74, 6) is 2.08. The van der Waals surface area contributed by atoms with Gasteiger partial charge in [-0.15, -0.1) is 0 Å². The maximum Gasteiger partial charge on any atom is 0.124 e. The van der Waals surface area contributed by atoms with Gasteiger partial charge in [-0.3, -0.25) is 0 Å². The quantitative estimate of drug-likeness (QED) is 0.657. The van der Waals surface area contributed by atoms with Crippen LogP contribution in [0.2, 0.25) is 0 Å². The molecule has 0 radical (unpaired) electrons. The normalized spacial score (nSPS) is 33.6. The molecule has 2 aromatic rings. The van der Waals surface area contributed by atoms with Gasteiger partial charge in [0.1, 0.15) is 17.2 Å². The average molecular weight is 388 g/mol. The van der Waals surface area contributed by atoms with Crippen LogP contribution in [0.1, 0.15) is 46.0 Å². The minimum Gasteiger partial charge on any atom is -0.306 e. The van der Waals surface area contributed by atoms with Gasteiger partial charge in [0, 0.05) is 16.2 Å². The minimum atomic E-state index is -0.216. The third-order valence-electron chi connectivity index (χ3n) is 6.82. The fourth-order valence-electron chi connectivity index (χ4n) is 5.92. The number of nitrogens with zero attached hydrogens (tertiary/aromatic N) is 3. The van der Waals surface area contributed by atoms with Crippen LogP contribution in [0.3, 0.4) is 0 Å². The van der Waals surface area contributed by atoms with Crippen molar-refractivity contribution < 1.29 is 4.39 Å². The van der Waals surface area contributed by atoms with Crippen molar-refractivity contribution in [3.05, 3.63) is 30.3 Å². The Hall–Kier alpha value is -1.20. The average Bonchev–Trinajstić information content (AvgIpc) is 2.61. The van der Waals surface area contributed by atoms with Crippen molar-refractivity contribution >= 4 is 22.7 Å². The molecule has 2 aliphatic rings. The van der Waals surface area contributed by atoms with Gasteiger partial charge in [-0.1, -0.05) is 25.6 Å². The number of benzene rings is 1. The molecule has 2 bridgehead atoms. The predicted octanol–water partition coefficient (Wildman–Crippen LogP) is 5.40. The van der Waals surface area contributed by atoms with Gasteiger partial charge in [-0.25, -0.2) is 14.4 Å². The molecule has 2 saturated carbocycles. The lowest BCUT2D eigenvalue weighted by atomic mass is 9.61. The lowest BCUT2D eigenvalue weighted by Gasteiger charge is -2.53. The molecular weight excluding hydrogens is 357 g/mol. The summed E-state index contributed by atoms with van der Waals surface area (Å²) in [4.78, 5) is 11.3. The van der Waals surface area contributed by atoms with E-state index in [9.17, 15) is 4.39 Å². The van der Waals surface area contributed by atoms with E-state index in [0.29, 0.717) is 6.04 Å². The van der Waals surface area contributed by atoms with Gasteiger partial charge in [-0.05, 0) is 82.2 Å². The van der Waals surface area contributed by atoms with Crippen LogP contribution in [0.15, 0.2) is 29.6 Å². The second-order valence-electron chi connectivity index (χ2n) is 8.92. The zero-order chi connectivity index (χ0) is 19.2. The Morgan fingerprint density at radius 1 is 1.22 bits per heavy atom. The summed E-state index contributed by atoms with van der Waals surface area (Å²) in [6.07, 6.45) is 7.89. The Kier molecular flexibility index (Phi) is 5.19. The summed E-state index contributed by atoms with van der Waals surface area (Å²) in [6.45, 7) is 4.74. The molecule has 2 fully saturated rings. The van der Waals surface area contributed by atoms with E-state index in [0.717, 1.165) is 40.1 Å². The molecule has 0 spiro atoms. The molecule has 1 aromatic carbocycles. The number of rotatable bonds is 4. The molecule has 0 amide bonds. The highest BCUT2D eigenvalue weighted by Gasteiger charge is 2.48.